The van der Waals surface area contributed by atoms with Crippen LogP contribution in [0.3, 0.4) is 0 Å². The van der Waals surface area contributed by atoms with Gasteiger partial charge in [-0.2, -0.15) is 0 Å². The molecule has 1 amide bonds. The monoisotopic (exact) mass is 149 g/mol. The van der Waals surface area contributed by atoms with Crippen molar-refractivity contribution in [3.05, 3.63) is 23.4 Å². The molecule has 2 rings (SSSR count). The predicted octanol–water partition coefficient (Wildman–Crippen LogP) is -0.0928. The number of anilines is 1. The molecule has 4 nitrogen and oxygen atoms in total. The number of nitrogen functional groups attached to an aromatic ring is 1. The Morgan fingerprint density at radius 1 is 1.55 bits per heavy atom. The highest BCUT2D eigenvalue weighted by molar-refractivity contribution is 5.97. The van der Waals surface area contributed by atoms with Crippen LogP contribution in [0.5, 0.6) is 0 Å². The standard InChI is InChI=1S/C7H7N3O/c8-6-2-1-4-5(10-6)3-9-7(4)11/h1-2H,3H2,(H2,8,10)(H,9,11). The van der Waals surface area contributed by atoms with E-state index in [4.69, 9.17) is 5.73 Å². The molecule has 1 aliphatic rings. The SMILES string of the molecule is Nc1ccc2c(n1)CNC2=O. The second-order valence-corrected chi connectivity index (χ2v) is 2.41. The Morgan fingerprint density at radius 3 is 3.18 bits per heavy atom. The molecule has 0 spiro atoms. The molecule has 0 radical (unpaired) electrons. The minimum Gasteiger partial charge on any atom is -0.384 e. The topological polar surface area (TPSA) is 68.0 Å². The van der Waals surface area contributed by atoms with Gasteiger partial charge in [-0.25, -0.2) is 4.98 Å². The molecule has 0 aromatic carbocycles. The van der Waals surface area contributed by atoms with Crippen LogP contribution in [0.15, 0.2) is 12.1 Å². The van der Waals surface area contributed by atoms with Gasteiger partial charge in [0.25, 0.3) is 5.91 Å². The molecule has 4 heteroatoms. The Bertz CT molecular complexity index is 321. The van der Waals surface area contributed by atoms with Crippen molar-refractivity contribution in [2.75, 3.05) is 5.73 Å². The molecular formula is C7H7N3O. The molecule has 0 atom stereocenters. The van der Waals surface area contributed by atoms with Gasteiger partial charge >= 0.3 is 0 Å². The Balaban J connectivity index is 2.59. The molecule has 56 valence electrons. The van der Waals surface area contributed by atoms with Crippen molar-refractivity contribution < 1.29 is 4.79 Å². The van der Waals surface area contributed by atoms with Crippen LogP contribution in [0, 0.1) is 0 Å². The van der Waals surface area contributed by atoms with Crippen LogP contribution in [0.25, 0.3) is 0 Å². The fraction of sp³-hybridized carbons (Fsp3) is 0.143. The van der Waals surface area contributed by atoms with Gasteiger partial charge in [-0.1, -0.05) is 0 Å². The summed E-state index contributed by atoms with van der Waals surface area (Å²) in [5.74, 6) is 0.396. The van der Waals surface area contributed by atoms with Gasteiger partial charge in [0.2, 0.25) is 0 Å². The van der Waals surface area contributed by atoms with Gasteiger partial charge in [0.1, 0.15) is 5.82 Å². The zero-order chi connectivity index (χ0) is 7.84. The molecule has 3 N–H and O–H groups in total. The Kier molecular flexibility index (Phi) is 1.09. The number of pyridine rings is 1. The highest BCUT2D eigenvalue weighted by Gasteiger charge is 2.19. The number of nitrogens with zero attached hydrogens (tertiary/aromatic N) is 1. The number of rotatable bonds is 0. The van der Waals surface area contributed by atoms with Gasteiger partial charge in [0, 0.05) is 0 Å². The van der Waals surface area contributed by atoms with Crippen LogP contribution in [0.1, 0.15) is 16.1 Å². The maximum Gasteiger partial charge on any atom is 0.253 e. The molecule has 1 aromatic rings. The van der Waals surface area contributed by atoms with Crippen molar-refractivity contribution in [1.29, 1.82) is 0 Å². The quantitative estimate of drug-likeness (QED) is 0.541. The number of amides is 1. The normalized spacial score (nSPS) is 14.4. The Labute approximate surface area is 63.4 Å². The lowest BCUT2D eigenvalue weighted by Gasteiger charge is -1.94. The minimum atomic E-state index is -0.0625. The van der Waals surface area contributed by atoms with E-state index >= 15 is 0 Å². The maximum absolute atomic E-state index is 11.0. The van der Waals surface area contributed by atoms with Crippen molar-refractivity contribution in [2.24, 2.45) is 0 Å². The second kappa shape index (κ2) is 1.95. The van der Waals surface area contributed by atoms with Gasteiger partial charge in [0.05, 0.1) is 17.8 Å². The second-order valence-electron chi connectivity index (χ2n) is 2.41. The van der Waals surface area contributed by atoms with Gasteiger partial charge in [0.15, 0.2) is 0 Å². The highest BCUT2D eigenvalue weighted by Crippen LogP contribution is 2.13. The lowest BCUT2D eigenvalue weighted by atomic mass is 10.2. The largest absolute Gasteiger partial charge is 0.384 e. The molecule has 0 aliphatic carbocycles. The van der Waals surface area contributed by atoms with Crippen molar-refractivity contribution >= 4 is 11.7 Å². The first-order chi connectivity index (χ1) is 5.27. The number of carbonyl (C=O) groups excluding carboxylic acids is 1. The summed E-state index contributed by atoms with van der Waals surface area (Å²) in [6.07, 6.45) is 0. The fourth-order valence-electron chi connectivity index (χ4n) is 1.12. The third-order valence-corrected chi connectivity index (χ3v) is 1.66. The number of nitrogens with two attached hydrogens (primary N) is 1. The fourth-order valence-corrected chi connectivity index (χ4v) is 1.12. The lowest BCUT2D eigenvalue weighted by molar-refractivity contribution is 0.0966. The first-order valence-corrected chi connectivity index (χ1v) is 3.31. The molecule has 0 saturated heterocycles. The van der Waals surface area contributed by atoms with Crippen molar-refractivity contribution in [3.63, 3.8) is 0 Å². The zero-order valence-corrected chi connectivity index (χ0v) is 5.79. The number of hydrogen-bond donors (Lipinski definition) is 2. The van der Waals surface area contributed by atoms with Crippen molar-refractivity contribution in [3.8, 4) is 0 Å². The van der Waals surface area contributed by atoms with Crippen LogP contribution >= 0.6 is 0 Å². The van der Waals surface area contributed by atoms with Crippen LogP contribution in [0.2, 0.25) is 0 Å². The number of hydrogen-bond acceptors (Lipinski definition) is 3. The van der Waals surface area contributed by atoms with Gasteiger partial charge in [-0.15, -0.1) is 0 Å². The summed E-state index contributed by atoms with van der Waals surface area (Å²) in [5, 5.41) is 2.66. The first kappa shape index (κ1) is 6.15. The zero-order valence-electron chi connectivity index (χ0n) is 5.79. The molecule has 0 unspecified atom stereocenters. The Morgan fingerprint density at radius 2 is 2.36 bits per heavy atom. The summed E-state index contributed by atoms with van der Waals surface area (Å²) in [6.45, 7) is 0.499. The van der Waals surface area contributed by atoms with Crippen LogP contribution in [0.4, 0.5) is 5.82 Å². The molecule has 0 saturated carbocycles. The minimum absolute atomic E-state index is 0.0625. The van der Waals surface area contributed by atoms with Gasteiger partial charge < -0.3 is 11.1 Å². The predicted molar refractivity (Wildman–Crippen MR) is 39.8 cm³/mol. The van der Waals surface area contributed by atoms with E-state index in [0.29, 0.717) is 17.9 Å². The summed E-state index contributed by atoms with van der Waals surface area (Å²) in [4.78, 5) is 15.0. The van der Waals surface area contributed by atoms with Crippen LogP contribution in [-0.4, -0.2) is 10.9 Å². The van der Waals surface area contributed by atoms with Gasteiger partial charge in [-0.05, 0) is 12.1 Å². The summed E-state index contributed by atoms with van der Waals surface area (Å²) in [7, 11) is 0. The molecule has 2 heterocycles. The summed E-state index contributed by atoms with van der Waals surface area (Å²) in [6, 6.07) is 3.32. The molecule has 0 fully saturated rings. The van der Waals surface area contributed by atoms with Crippen molar-refractivity contribution in [2.45, 2.75) is 6.54 Å². The van der Waals surface area contributed by atoms with E-state index in [-0.39, 0.29) is 5.91 Å². The van der Waals surface area contributed by atoms with Crippen LogP contribution < -0.4 is 11.1 Å². The van der Waals surface area contributed by atoms with E-state index in [0.717, 1.165) is 5.69 Å². The molecule has 11 heavy (non-hydrogen) atoms. The molecule has 1 aromatic heterocycles. The lowest BCUT2D eigenvalue weighted by Crippen LogP contribution is -2.12. The van der Waals surface area contributed by atoms with E-state index < -0.39 is 0 Å². The summed E-state index contributed by atoms with van der Waals surface area (Å²) >= 11 is 0. The van der Waals surface area contributed by atoms with E-state index in [1.165, 1.54) is 0 Å². The van der Waals surface area contributed by atoms with Crippen LogP contribution in [-0.2, 0) is 6.54 Å². The molecule has 0 bridgehead atoms. The molecule has 1 aliphatic heterocycles. The van der Waals surface area contributed by atoms with E-state index in [1.54, 1.807) is 12.1 Å². The highest BCUT2D eigenvalue weighted by atomic mass is 16.1. The number of aromatic nitrogens is 1. The number of nitrogens with one attached hydrogen (secondary N) is 1. The summed E-state index contributed by atoms with van der Waals surface area (Å²) < 4.78 is 0. The summed E-state index contributed by atoms with van der Waals surface area (Å²) in [5.41, 5.74) is 6.81. The van der Waals surface area contributed by atoms with E-state index in [1.807, 2.05) is 0 Å². The maximum atomic E-state index is 11.0. The molecular weight excluding hydrogens is 142 g/mol. The number of carbonyl (C=O) groups is 1. The average molecular weight is 149 g/mol. The van der Waals surface area contributed by atoms with Gasteiger partial charge in [-0.3, -0.25) is 4.79 Å². The Hall–Kier alpha value is -1.58. The third-order valence-electron chi connectivity index (χ3n) is 1.66. The average Bonchev–Trinajstić information content (AvgIpc) is 2.32. The third kappa shape index (κ3) is 0.832. The van der Waals surface area contributed by atoms with E-state index in [2.05, 4.69) is 10.3 Å². The number of fused-ring (bicyclic) bond motifs is 1. The first-order valence-electron chi connectivity index (χ1n) is 3.31. The smallest absolute Gasteiger partial charge is 0.253 e. The van der Waals surface area contributed by atoms with Crippen molar-refractivity contribution in [1.82, 2.24) is 10.3 Å². The van der Waals surface area contributed by atoms with E-state index in [9.17, 15) is 4.79 Å².